The predicted molar refractivity (Wildman–Crippen MR) is 120 cm³/mol. The topological polar surface area (TPSA) is 63.6 Å². The molecule has 2 aliphatic rings. The highest BCUT2D eigenvalue weighted by Gasteiger charge is 2.34. The second-order valence-electron chi connectivity index (χ2n) is 7.35. The molecular weight excluding hydrogens is 402 g/mol. The normalized spacial score (nSPS) is 16.8. The van der Waals surface area contributed by atoms with Crippen LogP contribution in [0, 0.1) is 0 Å². The Kier molecular flexibility index (Phi) is 5.37. The third-order valence-electron chi connectivity index (χ3n) is 5.61. The molecule has 154 valence electrons. The summed E-state index contributed by atoms with van der Waals surface area (Å²) >= 11 is 0. The zero-order chi connectivity index (χ0) is 20.0. The molecule has 2 aromatic carbocycles. The molecule has 0 bridgehead atoms. The van der Waals surface area contributed by atoms with Crippen LogP contribution in [0.15, 0.2) is 54.7 Å². The lowest BCUT2D eigenvalue weighted by atomic mass is 9.95. The number of fused-ring (bicyclic) bond motifs is 1. The van der Waals surface area contributed by atoms with Crippen molar-refractivity contribution >= 4 is 52.0 Å². The van der Waals surface area contributed by atoms with Crippen molar-refractivity contribution in [2.45, 2.75) is 0 Å². The first-order valence-corrected chi connectivity index (χ1v) is 9.71. The number of benzene rings is 2. The first kappa shape index (κ1) is 20.2. The SMILES string of the molecule is Cl.Cn1cc(C2=C(c3cccc(N4CCOCC4)c3)C(=O)NC2=O)c2ccccc21. The first-order valence-electron chi connectivity index (χ1n) is 9.71. The van der Waals surface area contributed by atoms with Gasteiger partial charge in [0.25, 0.3) is 11.8 Å². The second-order valence-corrected chi connectivity index (χ2v) is 7.35. The van der Waals surface area contributed by atoms with Gasteiger partial charge >= 0.3 is 0 Å². The van der Waals surface area contributed by atoms with Gasteiger partial charge < -0.3 is 14.2 Å². The fourth-order valence-corrected chi connectivity index (χ4v) is 4.21. The minimum absolute atomic E-state index is 0. The standard InChI is InChI=1S/C23H21N3O3.ClH/c1-25-14-18(17-7-2-3-8-19(17)25)21-20(22(27)24-23(21)28)15-5-4-6-16(13-15)26-9-11-29-12-10-26;/h2-8,13-14H,9-12H2,1H3,(H,24,27,28);1H. The Balaban J connectivity index is 0.00000218. The Morgan fingerprint density at radius 1 is 0.933 bits per heavy atom. The first-order chi connectivity index (χ1) is 14.1. The van der Waals surface area contributed by atoms with Crippen molar-refractivity contribution in [3.05, 3.63) is 65.9 Å². The maximum Gasteiger partial charge on any atom is 0.259 e. The quantitative estimate of drug-likeness (QED) is 0.658. The Labute approximate surface area is 180 Å². The van der Waals surface area contributed by atoms with Gasteiger partial charge in [-0.05, 0) is 23.8 Å². The molecule has 30 heavy (non-hydrogen) atoms. The number of rotatable bonds is 3. The summed E-state index contributed by atoms with van der Waals surface area (Å²) in [5, 5.41) is 3.45. The van der Waals surface area contributed by atoms with Gasteiger partial charge in [-0.25, -0.2) is 0 Å². The number of hydrogen-bond acceptors (Lipinski definition) is 4. The van der Waals surface area contributed by atoms with E-state index in [1.807, 2.05) is 66.3 Å². The largest absolute Gasteiger partial charge is 0.378 e. The summed E-state index contributed by atoms with van der Waals surface area (Å²) in [5.41, 5.74) is 4.44. The number of imide groups is 1. The third kappa shape index (κ3) is 3.28. The van der Waals surface area contributed by atoms with Crippen LogP contribution in [0.1, 0.15) is 11.1 Å². The van der Waals surface area contributed by atoms with Crippen molar-refractivity contribution in [2.24, 2.45) is 7.05 Å². The average Bonchev–Trinajstić information content (AvgIpc) is 3.24. The molecule has 0 saturated carbocycles. The summed E-state index contributed by atoms with van der Waals surface area (Å²) in [6, 6.07) is 15.7. The molecule has 0 aliphatic carbocycles. The minimum Gasteiger partial charge on any atom is -0.378 e. The molecule has 2 aliphatic heterocycles. The molecule has 7 heteroatoms. The smallest absolute Gasteiger partial charge is 0.259 e. The summed E-state index contributed by atoms with van der Waals surface area (Å²) in [7, 11) is 1.94. The number of aryl methyl sites for hydroxylation is 1. The Morgan fingerprint density at radius 3 is 2.47 bits per heavy atom. The van der Waals surface area contributed by atoms with E-state index < -0.39 is 0 Å². The second kappa shape index (κ2) is 7.97. The van der Waals surface area contributed by atoms with Crippen molar-refractivity contribution in [3.63, 3.8) is 0 Å². The van der Waals surface area contributed by atoms with Gasteiger partial charge in [0.1, 0.15) is 0 Å². The van der Waals surface area contributed by atoms with Crippen molar-refractivity contribution in [1.29, 1.82) is 0 Å². The highest BCUT2D eigenvalue weighted by molar-refractivity contribution is 6.50. The van der Waals surface area contributed by atoms with Crippen molar-refractivity contribution in [1.82, 2.24) is 9.88 Å². The monoisotopic (exact) mass is 423 g/mol. The summed E-state index contributed by atoms with van der Waals surface area (Å²) in [5.74, 6) is -0.699. The Hall–Kier alpha value is -3.09. The molecule has 5 rings (SSSR count). The molecule has 1 N–H and O–H groups in total. The van der Waals surface area contributed by atoms with Crippen LogP contribution in [-0.2, 0) is 21.4 Å². The molecule has 3 heterocycles. The van der Waals surface area contributed by atoms with E-state index in [0.717, 1.165) is 40.8 Å². The van der Waals surface area contributed by atoms with Gasteiger partial charge in [0.15, 0.2) is 0 Å². The molecule has 2 amide bonds. The number of aromatic nitrogens is 1. The number of morpholine rings is 1. The van der Waals surface area contributed by atoms with E-state index in [-0.39, 0.29) is 24.2 Å². The van der Waals surface area contributed by atoms with Gasteiger partial charge in [-0.2, -0.15) is 0 Å². The van der Waals surface area contributed by atoms with Crippen LogP contribution in [0.25, 0.3) is 22.0 Å². The van der Waals surface area contributed by atoms with Crippen LogP contribution in [0.5, 0.6) is 0 Å². The number of ether oxygens (including phenoxy) is 1. The molecular formula is C23H22ClN3O3. The molecule has 0 unspecified atom stereocenters. The Bertz CT molecular complexity index is 1180. The van der Waals surface area contributed by atoms with E-state index in [1.165, 1.54) is 0 Å². The van der Waals surface area contributed by atoms with Crippen LogP contribution in [0.3, 0.4) is 0 Å². The number of para-hydroxylation sites is 1. The summed E-state index contributed by atoms with van der Waals surface area (Å²) in [6.07, 6.45) is 1.92. The molecule has 0 radical (unpaired) electrons. The highest BCUT2D eigenvalue weighted by atomic mass is 35.5. The van der Waals surface area contributed by atoms with Gasteiger partial charge in [-0.1, -0.05) is 30.3 Å². The van der Waals surface area contributed by atoms with Gasteiger partial charge in [0.2, 0.25) is 0 Å². The number of halogens is 1. The lowest BCUT2D eigenvalue weighted by Gasteiger charge is -2.29. The van der Waals surface area contributed by atoms with E-state index >= 15 is 0 Å². The third-order valence-corrected chi connectivity index (χ3v) is 5.61. The zero-order valence-corrected chi connectivity index (χ0v) is 17.4. The number of amides is 2. The van der Waals surface area contributed by atoms with E-state index in [0.29, 0.717) is 24.4 Å². The molecule has 1 fully saturated rings. The summed E-state index contributed by atoms with van der Waals surface area (Å²) < 4.78 is 7.42. The molecule has 0 spiro atoms. The van der Waals surface area contributed by atoms with Gasteiger partial charge in [-0.3, -0.25) is 14.9 Å². The Morgan fingerprint density at radius 2 is 1.67 bits per heavy atom. The molecule has 0 atom stereocenters. The van der Waals surface area contributed by atoms with E-state index in [4.69, 9.17) is 4.74 Å². The van der Waals surface area contributed by atoms with Gasteiger partial charge in [0, 0.05) is 48.5 Å². The molecule has 1 saturated heterocycles. The fourth-order valence-electron chi connectivity index (χ4n) is 4.21. The lowest BCUT2D eigenvalue weighted by Crippen LogP contribution is -2.36. The van der Waals surface area contributed by atoms with Crippen LogP contribution >= 0.6 is 12.4 Å². The predicted octanol–water partition coefficient (Wildman–Crippen LogP) is 3.00. The maximum absolute atomic E-state index is 12.8. The average molecular weight is 424 g/mol. The molecule has 3 aromatic rings. The number of nitrogens with one attached hydrogen (secondary N) is 1. The van der Waals surface area contributed by atoms with Crippen LogP contribution in [-0.4, -0.2) is 42.7 Å². The summed E-state index contributed by atoms with van der Waals surface area (Å²) in [6.45, 7) is 2.99. The van der Waals surface area contributed by atoms with Gasteiger partial charge in [-0.15, -0.1) is 12.4 Å². The highest BCUT2D eigenvalue weighted by Crippen LogP contribution is 2.36. The van der Waals surface area contributed by atoms with Crippen LogP contribution in [0.2, 0.25) is 0 Å². The van der Waals surface area contributed by atoms with Crippen LogP contribution < -0.4 is 10.2 Å². The molecule has 1 aromatic heterocycles. The lowest BCUT2D eigenvalue weighted by molar-refractivity contribution is -0.122. The summed E-state index contributed by atoms with van der Waals surface area (Å²) in [4.78, 5) is 27.8. The molecule has 6 nitrogen and oxygen atoms in total. The number of anilines is 1. The number of carbonyl (C=O) groups excluding carboxylic acids is 2. The van der Waals surface area contributed by atoms with Crippen LogP contribution in [0.4, 0.5) is 5.69 Å². The van der Waals surface area contributed by atoms with E-state index in [9.17, 15) is 9.59 Å². The number of nitrogens with zero attached hydrogens (tertiary/aromatic N) is 2. The number of hydrogen-bond donors (Lipinski definition) is 1. The van der Waals surface area contributed by atoms with E-state index in [1.54, 1.807) is 0 Å². The maximum atomic E-state index is 12.8. The van der Waals surface area contributed by atoms with Crippen molar-refractivity contribution in [2.75, 3.05) is 31.2 Å². The fraction of sp³-hybridized carbons (Fsp3) is 0.217. The zero-order valence-electron chi connectivity index (χ0n) is 16.6. The van der Waals surface area contributed by atoms with Crippen molar-refractivity contribution in [3.8, 4) is 0 Å². The minimum atomic E-state index is -0.350. The van der Waals surface area contributed by atoms with E-state index in [2.05, 4.69) is 10.2 Å². The number of carbonyl (C=O) groups is 2. The van der Waals surface area contributed by atoms with Crippen molar-refractivity contribution < 1.29 is 14.3 Å². The van der Waals surface area contributed by atoms with Gasteiger partial charge in [0.05, 0.1) is 24.4 Å².